The van der Waals surface area contributed by atoms with E-state index in [-0.39, 0.29) is 5.69 Å². The van der Waals surface area contributed by atoms with Gasteiger partial charge in [0.2, 0.25) is 5.95 Å². The van der Waals surface area contributed by atoms with Gasteiger partial charge in [-0.3, -0.25) is 0 Å². The van der Waals surface area contributed by atoms with Crippen molar-refractivity contribution in [1.82, 2.24) is 25.0 Å². The molecule has 0 atom stereocenters. The molecule has 1 N–H and O–H groups in total. The molecule has 0 aliphatic rings. The number of hydrogen-bond acceptors (Lipinski definition) is 5. The smallest absolute Gasteiger partial charge is 0.358 e. The molecule has 0 aliphatic carbocycles. The van der Waals surface area contributed by atoms with Crippen molar-refractivity contribution in [2.45, 2.75) is 6.92 Å². The summed E-state index contributed by atoms with van der Waals surface area (Å²) in [6.07, 6.45) is 1.38. The average Bonchev–Trinajstić information content (AvgIpc) is 3.17. The minimum Gasteiger partial charge on any atom is -0.461 e. The van der Waals surface area contributed by atoms with E-state index in [1.807, 2.05) is 30.3 Å². The van der Waals surface area contributed by atoms with Gasteiger partial charge in [0.25, 0.3) is 0 Å². The normalized spacial score (nSPS) is 10.5. The average molecular weight is 283 g/mol. The van der Waals surface area contributed by atoms with Gasteiger partial charge in [0.15, 0.2) is 5.69 Å². The minimum absolute atomic E-state index is 0.229. The molecule has 3 rings (SSSR count). The lowest BCUT2D eigenvalue weighted by molar-refractivity contribution is 0.0519. The van der Waals surface area contributed by atoms with Crippen molar-refractivity contribution in [3.63, 3.8) is 0 Å². The second-order valence-electron chi connectivity index (χ2n) is 4.22. The summed E-state index contributed by atoms with van der Waals surface area (Å²) in [4.78, 5) is 15.9. The van der Waals surface area contributed by atoms with Gasteiger partial charge in [-0.2, -0.15) is 19.9 Å². The lowest BCUT2D eigenvalue weighted by Gasteiger charge is -2.02. The maximum Gasteiger partial charge on any atom is 0.358 e. The topological polar surface area (TPSA) is 85.7 Å². The third kappa shape index (κ3) is 2.53. The number of carbonyl (C=O) groups excluding carboxylic acids is 1. The van der Waals surface area contributed by atoms with Crippen LogP contribution >= 0.6 is 0 Å². The quantitative estimate of drug-likeness (QED) is 0.738. The molecule has 0 amide bonds. The maximum atomic E-state index is 11.9. The number of benzene rings is 1. The van der Waals surface area contributed by atoms with Crippen LogP contribution in [0.3, 0.4) is 0 Å². The standard InChI is InChI=1S/C14H13N5O2/c1-2-21-13(20)11-8-12(10-6-4-3-5-7-10)19(18-11)14-15-9-16-17-14/h3-9H,2H2,1H3,(H,15,16,17). The Kier molecular flexibility index (Phi) is 3.46. The second kappa shape index (κ2) is 5.58. The number of nitrogens with zero attached hydrogens (tertiary/aromatic N) is 4. The number of aromatic nitrogens is 5. The second-order valence-corrected chi connectivity index (χ2v) is 4.22. The SMILES string of the molecule is CCOC(=O)c1cc(-c2ccccc2)n(-c2ncn[nH]2)n1. The Bertz CT molecular complexity index is 734. The molecule has 106 valence electrons. The summed E-state index contributed by atoms with van der Waals surface area (Å²) < 4.78 is 6.52. The van der Waals surface area contributed by atoms with Crippen molar-refractivity contribution in [2.75, 3.05) is 6.61 Å². The zero-order chi connectivity index (χ0) is 14.7. The third-order valence-electron chi connectivity index (χ3n) is 2.87. The van der Waals surface area contributed by atoms with Crippen LogP contribution in [0.15, 0.2) is 42.7 Å². The molecule has 0 saturated carbocycles. The molecule has 7 nitrogen and oxygen atoms in total. The largest absolute Gasteiger partial charge is 0.461 e. The summed E-state index contributed by atoms with van der Waals surface area (Å²) >= 11 is 0. The van der Waals surface area contributed by atoms with Crippen LogP contribution in [0.2, 0.25) is 0 Å². The van der Waals surface area contributed by atoms with Crippen LogP contribution in [0.5, 0.6) is 0 Å². The van der Waals surface area contributed by atoms with Crippen LogP contribution in [-0.4, -0.2) is 37.5 Å². The summed E-state index contributed by atoms with van der Waals surface area (Å²) in [5, 5.41) is 10.8. The highest BCUT2D eigenvalue weighted by molar-refractivity contribution is 5.89. The lowest BCUT2D eigenvalue weighted by Crippen LogP contribution is -2.07. The predicted molar refractivity (Wildman–Crippen MR) is 74.9 cm³/mol. The summed E-state index contributed by atoms with van der Waals surface area (Å²) in [7, 11) is 0. The zero-order valence-electron chi connectivity index (χ0n) is 11.4. The van der Waals surface area contributed by atoms with E-state index in [0.29, 0.717) is 12.6 Å². The van der Waals surface area contributed by atoms with Gasteiger partial charge in [-0.05, 0) is 13.0 Å². The highest BCUT2D eigenvalue weighted by Gasteiger charge is 2.18. The van der Waals surface area contributed by atoms with Crippen LogP contribution < -0.4 is 0 Å². The van der Waals surface area contributed by atoms with Crippen molar-refractivity contribution in [1.29, 1.82) is 0 Å². The highest BCUT2D eigenvalue weighted by Crippen LogP contribution is 2.22. The molecule has 0 spiro atoms. The van der Waals surface area contributed by atoms with E-state index in [9.17, 15) is 4.79 Å². The molecule has 0 bridgehead atoms. The number of ether oxygens (including phenoxy) is 1. The first kappa shape index (κ1) is 13.0. The van der Waals surface area contributed by atoms with E-state index < -0.39 is 5.97 Å². The fourth-order valence-corrected chi connectivity index (χ4v) is 1.96. The summed E-state index contributed by atoms with van der Waals surface area (Å²) in [6.45, 7) is 2.05. The molecule has 1 aromatic carbocycles. The molecule has 0 unspecified atom stereocenters. The number of nitrogens with one attached hydrogen (secondary N) is 1. The molecular weight excluding hydrogens is 270 g/mol. The summed E-state index contributed by atoms with van der Waals surface area (Å²) in [6, 6.07) is 11.3. The van der Waals surface area contributed by atoms with Crippen molar-refractivity contribution >= 4 is 5.97 Å². The first-order valence-corrected chi connectivity index (χ1v) is 6.48. The van der Waals surface area contributed by atoms with Gasteiger partial charge >= 0.3 is 5.97 Å². The van der Waals surface area contributed by atoms with E-state index in [4.69, 9.17) is 4.74 Å². The Morgan fingerprint density at radius 1 is 1.33 bits per heavy atom. The van der Waals surface area contributed by atoms with E-state index in [0.717, 1.165) is 11.3 Å². The first-order valence-electron chi connectivity index (χ1n) is 6.48. The van der Waals surface area contributed by atoms with Gasteiger partial charge in [0.1, 0.15) is 6.33 Å². The molecule has 3 aromatic rings. The molecular formula is C14H13N5O2. The van der Waals surface area contributed by atoms with Crippen LogP contribution in [-0.2, 0) is 4.74 Å². The van der Waals surface area contributed by atoms with E-state index in [1.54, 1.807) is 13.0 Å². The van der Waals surface area contributed by atoms with Crippen LogP contribution in [0.1, 0.15) is 17.4 Å². The van der Waals surface area contributed by atoms with Crippen LogP contribution in [0, 0.1) is 0 Å². The Hall–Kier alpha value is -2.96. The molecule has 7 heteroatoms. The molecule has 0 saturated heterocycles. The van der Waals surface area contributed by atoms with Gasteiger partial charge < -0.3 is 4.74 Å². The van der Waals surface area contributed by atoms with Crippen molar-refractivity contribution in [3.8, 4) is 17.2 Å². The highest BCUT2D eigenvalue weighted by atomic mass is 16.5. The Balaban J connectivity index is 2.11. The van der Waals surface area contributed by atoms with Crippen molar-refractivity contribution < 1.29 is 9.53 Å². The van der Waals surface area contributed by atoms with E-state index in [1.165, 1.54) is 11.0 Å². The first-order chi connectivity index (χ1) is 10.3. The molecule has 0 aliphatic heterocycles. The molecule has 2 heterocycles. The zero-order valence-corrected chi connectivity index (χ0v) is 11.4. The number of hydrogen-bond donors (Lipinski definition) is 1. The van der Waals surface area contributed by atoms with Gasteiger partial charge in [-0.25, -0.2) is 9.89 Å². The predicted octanol–water partition coefficient (Wildman–Crippen LogP) is 1.83. The number of rotatable bonds is 4. The molecule has 21 heavy (non-hydrogen) atoms. The third-order valence-corrected chi connectivity index (χ3v) is 2.87. The van der Waals surface area contributed by atoms with Crippen molar-refractivity contribution in [2.24, 2.45) is 0 Å². The molecule has 2 aromatic heterocycles. The van der Waals surface area contributed by atoms with E-state index >= 15 is 0 Å². The van der Waals surface area contributed by atoms with E-state index in [2.05, 4.69) is 20.3 Å². The fraction of sp³-hybridized carbons (Fsp3) is 0.143. The Morgan fingerprint density at radius 3 is 2.81 bits per heavy atom. The minimum atomic E-state index is -0.465. The monoisotopic (exact) mass is 283 g/mol. The van der Waals surface area contributed by atoms with Gasteiger partial charge in [0.05, 0.1) is 12.3 Å². The van der Waals surface area contributed by atoms with Gasteiger partial charge in [-0.1, -0.05) is 30.3 Å². The maximum absolute atomic E-state index is 11.9. The van der Waals surface area contributed by atoms with Gasteiger partial charge in [-0.15, -0.1) is 0 Å². The molecule has 0 radical (unpaired) electrons. The number of H-pyrrole nitrogens is 1. The number of esters is 1. The number of carbonyl (C=O) groups is 1. The lowest BCUT2D eigenvalue weighted by atomic mass is 10.1. The Morgan fingerprint density at radius 2 is 2.14 bits per heavy atom. The van der Waals surface area contributed by atoms with Crippen molar-refractivity contribution in [3.05, 3.63) is 48.4 Å². The number of aromatic amines is 1. The van der Waals surface area contributed by atoms with Crippen LogP contribution in [0.25, 0.3) is 17.2 Å². The summed E-state index contributed by atoms with van der Waals surface area (Å²) in [5.41, 5.74) is 1.87. The van der Waals surface area contributed by atoms with Crippen LogP contribution in [0.4, 0.5) is 0 Å². The fourth-order valence-electron chi connectivity index (χ4n) is 1.96. The summed E-state index contributed by atoms with van der Waals surface area (Å²) in [5.74, 6) is -0.0302. The Labute approximate surface area is 120 Å². The molecule has 0 fully saturated rings. The van der Waals surface area contributed by atoms with Gasteiger partial charge in [0, 0.05) is 5.56 Å².